The van der Waals surface area contributed by atoms with Crippen LogP contribution in [0.2, 0.25) is 0 Å². The Kier molecular flexibility index (Phi) is 19.7. The predicted octanol–water partition coefficient (Wildman–Crippen LogP) is 9.80. The van der Waals surface area contributed by atoms with Crippen LogP contribution in [0.5, 0.6) is 5.75 Å². The number of carbonyl (C=O) groups excluding carboxylic acids is 3. The first-order chi connectivity index (χ1) is 53.7. The molecule has 11 aromatic heterocycles. The number of hydrogen-bond donors (Lipinski definition) is 9. The van der Waals surface area contributed by atoms with Crippen LogP contribution in [0.15, 0.2) is 147 Å². The van der Waals surface area contributed by atoms with E-state index in [4.69, 9.17) is 24.2 Å². The first-order valence-electron chi connectivity index (χ1n) is 37.0. The van der Waals surface area contributed by atoms with Crippen molar-refractivity contribution in [2.24, 2.45) is 13.0 Å². The highest BCUT2D eigenvalue weighted by Gasteiger charge is 2.36. The van der Waals surface area contributed by atoms with Crippen LogP contribution >= 0.6 is 0 Å². The number of aromatic nitrogens is 11. The summed E-state index contributed by atoms with van der Waals surface area (Å²) in [6.45, 7) is 15.6. The SMILES string of the molecule is COc1cccn2c(-c3ncc(Nc4ccc(N5CCC[C@H](C(C)(C)O)C5)cn4)c4c3CNC4=O)cnc12.Cc1ccn2c(-c3ccc(Nc4ccc(N5CCO[C@@H](CO)C5)cn4)c4c3CNC4=O)cnc2c1F.Cn1ccc2c(-c3ncc(Nc4ccc(N5CCO[C@@H](C(C)(C)O)C5)cn4)c4c3CNC4=O)ccnc21. The van der Waals surface area contributed by atoms with Gasteiger partial charge in [-0.25, -0.2) is 34.3 Å². The predicted molar refractivity (Wildman–Crippen MR) is 419 cm³/mol. The van der Waals surface area contributed by atoms with E-state index in [-0.39, 0.29) is 53.9 Å². The molecule has 3 saturated heterocycles. The molecule has 0 saturated carbocycles. The van der Waals surface area contributed by atoms with Crippen LogP contribution in [-0.4, -0.2) is 176 Å². The van der Waals surface area contributed by atoms with Gasteiger partial charge in [-0.1, -0.05) is 6.07 Å². The first-order valence-corrected chi connectivity index (χ1v) is 37.0. The maximum absolute atomic E-state index is 14.6. The zero-order chi connectivity index (χ0) is 77.0. The Hall–Kier alpha value is -12.2. The van der Waals surface area contributed by atoms with E-state index >= 15 is 0 Å². The van der Waals surface area contributed by atoms with Gasteiger partial charge in [0.2, 0.25) is 0 Å². The molecule has 111 heavy (non-hydrogen) atoms. The van der Waals surface area contributed by atoms with E-state index in [2.05, 4.69) is 76.5 Å². The molecule has 9 N–H and O–H groups in total. The summed E-state index contributed by atoms with van der Waals surface area (Å²) in [6, 6.07) is 24.8. The molecule has 1 aromatic carbocycles. The van der Waals surface area contributed by atoms with Gasteiger partial charge in [-0.2, -0.15) is 0 Å². The Bertz CT molecular complexity index is 5550. The van der Waals surface area contributed by atoms with Gasteiger partial charge in [-0.05, 0) is 131 Å². The molecule has 0 radical (unpaired) electrons. The fraction of sp³-hybridized carbons (Fsp3) is 0.321. The Labute approximate surface area is 637 Å². The summed E-state index contributed by atoms with van der Waals surface area (Å²) < 4.78 is 36.9. The van der Waals surface area contributed by atoms with E-state index in [1.165, 1.54) is 0 Å². The largest absolute Gasteiger partial charge is 0.493 e. The molecule has 6 aliphatic heterocycles. The summed E-state index contributed by atoms with van der Waals surface area (Å²) in [5.41, 5.74) is 14.4. The third-order valence-electron chi connectivity index (χ3n) is 21.4. The van der Waals surface area contributed by atoms with Crippen LogP contribution < -0.4 is 51.3 Å². The molecule has 6 aliphatic rings. The average molecular weight is 1500 g/mol. The van der Waals surface area contributed by atoms with Gasteiger partial charge in [0.25, 0.3) is 17.7 Å². The smallest absolute Gasteiger partial charge is 0.254 e. The number of imidazole rings is 2. The van der Waals surface area contributed by atoms with Gasteiger partial charge < -0.3 is 80.7 Å². The lowest BCUT2D eigenvalue weighted by molar-refractivity contribution is -0.0928. The van der Waals surface area contributed by atoms with Crippen LogP contribution in [0.3, 0.4) is 0 Å². The maximum atomic E-state index is 14.6. The summed E-state index contributed by atoms with van der Waals surface area (Å²) in [4.78, 5) is 81.6. The van der Waals surface area contributed by atoms with Gasteiger partial charge in [0.15, 0.2) is 22.9 Å². The van der Waals surface area contributed by atoms with Crippen molar-refractivity contribution in [3.63, 3.8) is 0 Å². The highest BCUT2D eigenvalue weighted by molar-refractivity contribution is 6.08. The minimum Gasteiger partial charge on any atom is -0.493 e. The normalized spacial score (nSPS) is 17.5. The molecule has 570 valence electrons. The number of ether oxygens (including phenoxy) is 3. The molecule has 29 nitrogen and oxygen atoms in total. The number of aliphatic hydroxyl groups excluding tert-OH is 1. The monoisotopic (exact) mass is 1500 g/mol. The van der Waals surface area contributed by atoms with E-state index < -0.39 is 11.2 Å². The number of nitrogens with one attached hydrogen (secondary N) is 6. The van der Waals surface area contributed by atoms with Crippen molar-refractivity contribution in [3.05, 3.63) is 192 Å². The van der Waals surface area contributed by atoms with E-state index in [9.17, 15) is 34.1 Å². The number of piperidine rings is 1. The number of anilines is 9. The molecule has 3 amide bonds. The number of benzene rings is 1. The van der Waals surface area contributed by atoms with Crippen molar-refractivity contribution < 1.29 is 48.3 Å². The zero-order valence-corrected chi connectivity index (χ0v) is 62.4. The number of morpholine rings is 2. The van der Waals surface area contributed by atoms with Gasteiger partial charge in [0.05, 0.1) is 161 Å². The quantitative estimate of drug-likeness (QED) is 0.0434. The van der Waals surface area contributed by atoms with Crippen LogP contribution in [-0.2, 0) is 36.2 Å². The van der Waals surface area contributed by atoms with Crippen LogP contribution in [0, 0.1) is 18.7 Å². The number of fused-ring (bicyclic) bond motifs is 6. The third-order valence-corrected chi connectivity index (χ3v) is 21.4. The molecule has 0 aliphatic carbocycles. The lowest BCUT2D eigenvalue weighted by atomic mass is 9.84. The molecule has 3 fully saturated rings. The van der Waals surface area contributed by atoms with Crippen molar-refractivity contribution in [2.75, 3.05) is 96.8 Å². The molecule has 30 heteroatoms. The van der Waals surface area contributed by atoms with Crippen molar-refractivity contribution in [1.29, 1.82) is 0 Å². The zero-order valence-electron chi connectivity index (χ0n) is 62.4. The standard InChI is InChI=1S/C28H31N7O3.C27H29N7O3.C26H25FN6O3/c1-28(2,37)17-6-4-10-34(16-17)18-8-9-23(29-12-18)33-20-14-30-25(19-13-32-27(36)24(19)20)21-15-31-26-22(38-3)7-5-11-35(21)26;1-27(2,36)21-15-34(10-11-37-21)16-4-5-22(29-12-16)32-20-14-30-24(19-13-31-26(35)23(19)20)17-6-8-28-25-18(17)7-9-33(25)3;1-15-6-7-33-21(12-29-25(33)24(15)27)18-3-4-20(23-19(18)11-30-26(23)35)31-22-5-2-16(10-28-22)32-8-9-36-17(13-32)14-34/h5,7-9,11-12,14-15,17,37H,4,6,10,13,16H2,1-3H3,(H,29,33)(H,32,36);4-9,12,14,21,36H,10-11,13,15H2,1-3H3,(H,29,32)(H,31,35);2-7,10,12,17,34H,8-9,11,13-14H2,1H3,(H,28,31)(H,30,35)/t17-;21-;17-/m011/s1. The second-order valence-corrected chi connectivity index (χ2v) is 29.5. The Balaban J connectivity index is 0.000000126. The Morgan fingerprint density at radius 1 is 0.559 bits per heavy atom. The number of methoxy groups -OCH3 is 1. The number of carbonyl (C=O) groups is 3. The first kappa shape index (κ1) is 73.0. The van der Waals surface area contributed by atoms with Crippen LogP contribution in [0.4, 0.5) is 56.0 Å². The molecule has 0 spiro atoms. The number of aryl methyl sites for hydroxylation is 2. The lowest BCUT2D eigenvalue weighted by Crippen LogP contribution is -2.52. The Morgan fingerprint density at radius 3 is 1.76 bits per heavy atom. The summed E-state index contributed by atoms with van der Waals surface area (Å²) in [6.07, 6.45) is 21.2. The number of halogens is 1. The van der Waals surface area contributed by atoms with Crippen molar-refractivity contribution in [2.45, 2.75) is 90.5 Å². The van der Waals surface area contributed by atoms with Gasteiger partial charge in [-0.3, -0.25) is 33.2 Å². The number of nitrogens with zero attached hydrogens (tertiary/aromatic N) is 14. The van der Waals surface area contributed by atoms with Crippen LogP contribution in [0.1, 0.15) is 93.9 Å². The van der Waals surface area contributed by atoms with Gasteiger partial charge in [0, 0.05) is 124 Å². The van der Waals surface area contributed by atoms with Gasteiger partial charge in [-0.15, -0.1) is 0 Å². The van der Waals surface area contributed by atoms with Crippen molar-refractivity contribution >= 4 is 91.6 Å². The second-order valence-electron chi connectivity index (χ2n) is 29.5. The fourth-order valence-electron chi connectivity index (χ4n) is 15.3. The number of amides is 3. The molecule has 0 bridgehead atoms. The molecule has 0 unspecified atom stereocenters. The van der Waals surface area contributed by atoms with Gasteiger partial charge >= 0.3 is 0 Å². The summed E-state index contributed by atoms with van der Waals surface area (Å²) in [5, 5.41) is 49.8. The number of pyridine rings is 8. The molecule has 12 aromatic rings. The third kappa shape index (κ3) is 14.4. The lowest BCUT2D eigenvalue weighted by Gasteiger charge is -2.39. The van der Waals surface area contributed by atoms with E-state index in [1.54, 1.807) is 87.9 Å². The number of aliphatic hydroxyl groups is 3. The molecular formula is C81H85FN20O9. The number of hydrogen-bond acceptors (Lipinski definition) is 23. The summed E-state index contributed by atoms with van der Waals surface area (Å²) in [5.74, 6) is 1.90. The average Bonchev–Trinajstić information content (AvgIpc) is 1.63. The highest BCUT2D eigenvalue weighted by atomic mass is 19.1. The van der Waals surface area contributed by atoms with Gasteiger partial charge in [0.1, 0.15) is 29.2 Å². The molecule has 18 rings (SSSR count). The van der Waals surface area contributed by atoms with E-state index in [0.717, 1.165) is 112 Å². The molecule has 17 heterocycles. The topological polar surface area (TPSA) is 338 Å². The summed E-state index contributed by atoms with van der Waals surface area (Å²) >= 11 is 0. The molecule has 3 atom stereocenters. The van der Waals surface area contributed by atoms with E-state index in [0.29, 0.717) is 120 Å². The summed E-state index contributed by atoms with van der Waals surface area (Å²) in [7, 11) is 3.57. The van der Waals surface area contributed by atoms with Crippen molar-refractivity contribution in [1.82, 2.24) is 69.2 Å². The van der Waals surface area contributed by atoms with Crippen LogP contribution in [0.25, 0.3) is 56.2 Å². The Morgan fingerprint density at radius 2 is 1.14 bits per heavy atom. The van der Waals surface area contributed by atoms with Crippen molar-refractivity contribution in [3.8, 4) is 39.7 Å². The minimum absolute atomic E-state index is 0.0175. The highest BCUT2D eigenvalue weighted by Crippen LogP contribution is 2.41. The van der Waals surface area contributed by atoms with E-state index in [1.807, 2.05) is 121 Å². The second kappa shape index (κ2) is 30.0. The molecular weight excluding hydrogens is 1420 g/mol. The number of rotatable bonds is 16. The maximum Gasteiger partial charge on any atom is 0.254 e. The minimum atomic E-state index is -0.920. The fourth-order valence-corrected chi connectivity index (χ4v) is 15.3.